The first-order valence-corrected chi connectivity index (χ1v) is 8.87. The molecule has 0 unspecified atom stereocenters. The Morgan fingerprint density at radius 2 is 1.63 bits per heavy atom. The van der Waals surface area contributed by atoms with Gasteiger partial charge in [0.05, 0.1) is 0 Å². The van der Waals surface area contributed by atoms with E-state index >= 15 is 0 Å². The summed E-state index contributed by atoms with van der Waals surface area (Å²) in [7, 11) is 0. The molecule has 0 spiro atoms. The monoisotopic (exact) mass is 362 g/mol. The van der Waals surface area contributed by atoms with E-state index in [0.29, 0.717) is 17.9 Å². The van der Waals surface area contributed by atoms with E-state index in [1.54, 1.807) is 24.3 Å². The number of hydrogen-bond acceptors (Lipinski definition) is 2. The Morgan fingerprint density at radius 1 is 0.963 bits per heavy atom. The highest BCUT2D eigenvalue weighted by Gasteiger charge is 2.06. The summed E-state index contributed by atoms with van der Waals surface area (Å²) in [6.07, 6.45) is -2.46. The molecule has 0 aliphatic carbocycles. The van der Waals surface area contributed by atoms with E-state index in [4.69, 9.17) is 12.6 Å². The van der Waals surface area contributed by atoms with Gasteiger partial charge >= 0.3 is 5.97 Å². The van der Waals surface area contributed by atoms with Crippen LogP contribution in [0.4, 0.5) is 0 Å². The molecule has 3 aromatic rings. The highest BCUT2D eigenvalue weighted by atomic mass is 16.5. The highest BCUT2D eigenvalue weighted by molar-refractivity contribution is 5.71. The Kier molecular flexibility index (Phi) is 5.10. The maximum atomic E-state index is 10.9. The number of hydrogen-bond donors (Lipinski definition) is 1. The van der Waals surface area contributed by atoms with Gasteiger partial charge in [-0.1, -0.05) is 48.5 Å². The second-order valence-corrected chi connectivity index (χ2v) is 6.56. The molecule has 0 aliphatic heterocycles. The van der Waals surface area contributed by atoms with Crippen molar-refractivity contribution in [2.24, 2.45) is 0 Å². The Bertz CT molecular complexity index is 991. The minimum atomic E-state index is -2.28. The van der Waals surface area contributed by atoms with E-state index in [0.717, 1.165) is 11.1 Å². The summed E-state index contributed by atoms with van der Waals surface area (Å²) in [5, 5.41) is 8.91. The number of benzene rings is 3. The smallest absolute Gasteiger partial charge is 0.303 e. The van der Waals surface area contributed by atoms with Gasteiger partial charge in [-0.15, -0.1) is 0 Å². The van der Waals surface area contributed by atoms with Crippen LogP contribution in [0.5, 0.6) is 5.75 Å². The van der Waals surface area contributed by atoms with Crippen LogP contribution in [0.2, 0.25) is 0 Å². The van der Waals surface area contributed by atoms with Crippen LogP contribution in [0.25, 0.3) is 11.1 Å². The fourth-order valence-electron chi connectivity index (χ4n) is 3.13. The molecule has 0 aromatic heterocycles. The largest absolute Gasteiger partial charge is 0.489 e. The van der Waals surface area contributed by atoms with Gasteiger partial charge in [0.1, 0.15) is 12.4 Å². The van der Waals surface area contributed by atoms with Gasteiger partial charge < -0.3 is 9.84 Å². The lowest BCUT2D eigenvalue weighted by atomic mass is 9.95. The zero-order chi connectivity index (χ0) is 21.0. The van der Waals surface area contributed by atoms with Gasteiger partial charge in [-0.2, -0.15) is 0 Å². The Labute approximate surface area is 163 Å². The van der Waals surface area contributed by atoms with E-state index in [1.165, 1.54) is 16.7 Å². The van der Waals surface area contributed by atoms with E-state index in [1.807, 2.05) is 12.1 Å². The van der Waals surface area contributed by atoms with Crippen molar-refractivity contribution in [1.82, 2.24) is 0 Å². The summed E-state index contributed by atoms with van der Waals surface area (Å²) in [5.41, 5.74) is 6.54. The maximum Gasteiger partial charge on any atom is 0.303 e. The molecule has 0 bridgehead atoms. The molecule has 3 nitrogen and oxygen atoms in total. The molecular formula is C24H24O3. The van der Waals surface area contributed by atoms with Crippen molar-refractivity contribution in [3.8, 4) is 16.9 Å². The molecule has 3 heteroatoms. The molecule has 0 fully saturated rings. The molecule has 0 aliphatic rings. The zero-order valence-electron chi connectivity index (χ0n) is 17.5. The summed E-state index contributed by atoms with van der Waals surface area (Å²) in [6, 6.07) is 21.4. The quantitative estimate of drug-likeness (QED) is 0.598. The maximum absolute atomic E-state index is 10.9. The summed E-state index contributed by atoms with van der Waals surface area (Å²) in [4.78, 5) is 10.9. The van der Waals surface area contributed by atoms with Gasteiger partial charge in [0, 0.05) is 9.11 Å². The van der Waals surface area contributed by atoms with Gasteiger partial charge in [0.25, 0.3) is 0 Å². The minimum Gasteiger partial charge on any atom is -0.489 e. The predicted molar refractivity (Wildman–Crippen MR) is 108 cm³/mol. The average Bonchev–Trinajstić information content (AvgIpc) is 2.67. The molecule has 0 amide bonds. The zero-order valence-corrected chi connectivity index (χ0v) is 15.5. The summed E-state index contributed by atoms with van der Waals surface area (Å²) < 4.78 is 20.9. The van der Waals surface area contributed by atoms with Crippen molar-refractivity contribution in [1.29, 1.82) is 0 Å². The molecule has 0 saturated carbocycles. The van der Waals surface area contributed by atoms with Crippen LogP contribution in [0, 0.1) is 13.8 Å². The standard InChI is InChI=1S/C24H24O3/c1-17-5-3-6-18(2)24(17)21-8-4-7-20(15-21)16-27-22-12-9-19(10-13-22)11-14-23(25)26/h3-10,12-13,15H,11,14,16H2,1-2H3,(H,25,26)/i14D2. The van der Waals surface area contributed by atoms with Crippen LogP contribution in [0.15, 0.2) is 66.7 Å². The lowest BCUT2D eigenvalue weighted by molar-refractivity contribution is -0.136. The third kappa shape index (κ3) is 4.98. The van der Waals surface area contributed by atoms with Crippen molar-refractivity contribution in [3.05, 3.63) is 89.0 Å². The molecule has 27 heavy (non-hydrogen) atoms. The van der Waals surface area contributed by atoms with Crippen LogP contribution in [0.3, 0.4) is 0 Å². The first kappa shape index (κ1) is 16.1. The van der Waals surface area contributed by atoms with E-state index < -0.39 is 12.3 Å². The first-order valence-electron chi connectivity index (χ1n) is 9.87. The van der Waals surface area contributed by atoms with Crippen molar-refractivity contribution in [3.63, 3.8) is 0 Å². The second kappa shape index (κ2) is 8.54. The lowest BCUT2D eigenvalue weighted by Gasteiger charge is -2.12. The predicted octanol–water partition coefficient (Wildman–Crippen LogP) is 5.57. The molecule has 3 rings (SSSR count). The van der Waals surface area contributed by atoms with Gasteiger partial charge in [0.15, 0.2) is 0 Å². The Hall–Kier alpha value is -3.07. The fraction of sp³-hybridized carbons (Fsp3) is 0.208. The topological polar surface area (TPSA) is 46.5 Å². The van der Waals surface area contributed by atoms with Crippen LogP contribution in [-0.2, 0) is 17.8 Å². The van der Waals surface area contributed by atoms with Crippen molar-refractivity contribution in [2.75, 3.05) is 0 Å². The highest BCUT2D eigenvalue weighted by Crippen LogP contribution is 2.28. The minimum absolute atomic E-state index is 0.180. The summed E-state index contributed by atoms with van der Waals surface area (Å²) in [6.45, 7) is 4.63. The van der Waals surface area contributed by atoms with Crippen molar-refractivity contribution in [2.45, 2.75) is 33.2 Å². The number of aryl methyl sites for hydroxylation is 3. The molecule has 1 N–H and O–H groups in total. The molecule has 0 radical (unpaired) electrons. The summed E-state index contributed by atoms with van der Waals surface area (Å²) >= 11 is 0. The van der Waals surface area contributed by atoms with Gasteiger partial charge in [-0.25, -0.2) is 0 Å². The fourth-order valence-corrected chi connectivity index (χ4v) is 3.13. The molecule has 3 aromatic carbocycles. The molecule has 0 heterocycles. The SMILES string of the molecule is [2H]C([2H])(Cc1ccc(OCc2cccc(-c3c(C)cccc3C)c2)cc1)C(=O)O. The number of carbonyl (C=O) groups is 1. The van der Waals surface area contributed by atoms with Gasteiger partial charge in [-0.05, 0) is 71.8 Å². The van der Waals surface area contributed by atoms with Crippen LogP contribution < -0.4 is 4.74 Å². The summed E-state index contributed by atoms with van der Waals surface area (Å²) in [5.74, 6) is -0.802. The second-order valence-electron chi connectivity index (χ2n) is 6.56. The molecular weight excluding hydrogens is 336 g/mol. The number of ether oxygens (including phenoxy) is 1. The van der Waals surface area contributed by atoms with Gasteiger partial charge in [0.2, 0.25) is 0 Å². The normalized spacial score (nSPS) is 12.2. The number of aliphatic carboxylic acids is 1. The lowest BCUT2D eigenvalue weighted by Crippen LogP contribution is -1.98. The number of carboxylic acids is 1. The Morgan fingerprint density at radius 3 is 2.30 bits per heavy atom. The van der Waals surface area contributed by atoms with Crippen LogP contribution in [-0.4, -0.2) is 11.1 Å². The van der Waals surface area contributed by atoms with E-state index in [-0.39, 0.29) is 6.42 Å². The van der Waals surface area contributed by atoms with E-state index in [2.05, 4.69) is 44.2 Å². The third-order valence-corrected chi connectivity index (χ3v) is 4.47. The van der Waals surface area contributed by atoms with Crippen molar-refractivity contribution < 1.29 is 17.4 Å². The Balaban J connectivity index is 1.69. The van der Waals surface area contributed by atoms with Gasteiger partial charge in [-0.3, -0.25) is 4.79 Å². The van der Waals surface area contributed by atoms with Crippen LogP contribution >= 0.6 is 0 Å². The molecule has 138 valence electrons. The number of carboxylic acid groups (broad SMARTS) is 1. The number of rotatable bonds is 7. The van der Waals surface area contributed by atoms with E-state index in [9.17, 15) is 4.79 Å². The van der Waals surface area contributed by atoms with Crippen LogP contribution in [0.1, 0.15) is 31.4 Å². The average molecular weight is 362 g/mol. The first-order chi connectivity index (χ1) is 13.8. The van der Waals surface area contributed by atoms with Crippen molar-refractivity contribution >= 4 is 5.97 Å². The molecule has 0 saturated heterocycles. The third-order valence-electron chi connectivity index (χ3n) is 4.47. The molecule has 0 atom stereocenters.